The molecule has 46 heavy (non-hydrogen) atoms. The smallest absolute Gasteiger partial charge is 0.310 e. The molecule has 8 nitrogen and oxygen atoms in total. The van der Waals surface area contributed by atoms with Crippen molar-refractivity contribution in [1.82, 2.24) is 0 Å². The van der Waals surface area contributed by atoms with Crippen LogP contribution in [0, 0.1) is 0 Å². The van der Waals surface area contributed by atoms with Gasteiger partial charge in [-0.3, -0.25) is 9.59 Å². The van der Waals surface area contributed by atoms with E-state index in [1.54, 1.807) is 27.2 Å². The van der Waals surface area contributed by atoms with E-state index in [-0.39, 0.29) is 49.5 Å². The van der Waals surface area contributed by atoms with Gasteiger partial charge in [0.1, 0.15) is 12.6 Å². The molecule has 0 N–H and O–H groups in total. The van der Waals surface area contributed by atoms with E-state index < -0.39 is 24.1 Å². The van der Waals surface area contributed by atoms with Crippen LogP contribution >= 0.6 is 0 Å². The number of likely N-dealkylation sites (N-methyl/N-ethyl adjacent to an activating group) is 1. The molecular weight excluding hydrogens is 582 g/mol. The zero-order valence-electron chi connectivity index (χ0n) is 29.5. The van der Waals surface area contributed by atoms with Crippen LogP contribution in [-0.4, -0.2) is 75.5 Å². The molecule has 0 aromatic heterocycles. The van der Waals surface area contributed by atoms with Crippen molar-refractivity contribution in [1.29, 1.82) is 0 Å². The molecule has 8 heteroatoms. The first kappa shape index (κ1) is 43.0. The monoisotopic (exact) mass is 645 g/mol. The maximum Gasteiger partial charge on any atom is 0.310 e. The molecule has 0 saturated carbocycles. The molecule has 0 aliphatic carbocycles. The van der Waals surface area contributed by atoms with Gasteiger partial charge in [0.15, 0.2) is 6.10 Å². The fraction of sp³-hybridized carbons (Fsp3) is 0.658. The van der Waals surface area contributed by atoms with Gasteiger partial charge in [-0.15, -0.1) is 0 Å². The van der Waals surface area contributed by atoms with Crippen LogP contribution in [-0.2, 0) is 28.6 Å². The van der Waals surface area contributed by atoms with Gasteiger partial charge < -0.3 is 28.6 Å². The molecule has 262 valence electrons. The van der Waals surface area contributed by atoms with Gasteiger partial charge in [-0.05, 0) is 44.9 Å². The highest BCUT2D eigenvalue weighted by atomic mass is 16.6. The van der Waals surface area contributed by atoms with Crippen molar-refractivity contribution in [3.8, 4) is 0 Å². The lowest BCUT2D eigenvalue weighted by Crippen LogP contribution is -2.55. The Bertz CT molecular complexity index is 943. The summed E-state index contributed by atoms with van der Waals surface area (Å²) in [5, 5.41) is 11.5. The summed E-state index contributed by atoms with van der Waals surface area (Å²) in [6, 6.07) is -0.746. The second-order valence-electron chi connectivity index (χ2n) is 12.4. The van der Waals surface area contributed by atoms with Gasteiger partial charge in [-0.2, -0.15) is 0 Å². The number of hydrogen-bond donors (Lipinski definition) is 0. The number of unbranched alkanes of at least 4 members (excludes halogenated alkanes) is 6. The van der Waals surface area contributed by atoms with E-state index in [1.165, 1.54) is 38.5 Å². The third-order valence-corrected chi connectivity index (χ3v) is 7.18. The van der Waals surface area contributed by atoms with Crippen LogP contribution in [0.25, 0.3) is 0 Å². The first-order valence-corrected chi connectivity index (χ1v) is 17.3. The van der Waals surface area contributed by atoms with E-state index in [1.807, 2.05) is 24.3 Å². The summed E-state index contributed by atoms with van der Waals surface area (Å²) in [5.74, 6) is -1.99. The van der Waals surface area contributed by atoms with E-state index in [0.29, 0.717) is 12.8 Å². The van der Waals surface area contributed by atoms with Crippen molar-refractivity contribution in [2.45, 2.75) is 122 Å². The highest BCUT2D eigenvalue weighted by Crippen LogP contribution is 2.10. The second kappa shape index (κ2) is 29.4. The molecule has 0 spiro atoms. The van der Waals surface area contributed by atoms with Crippen molar-refractivity contribution < 1.29 is 38.2 Å². The Morgan fingerprint density at radius 3 is 1.91 bits per heavy atom. The Balaban J connectivity index is 4.64. The zero-order chi connectivity index (χ0) is 34.3. The van der Waals surface area contributed by atoms with Crippen molar-refractivity contribution in [2.24, 2.45) is 0 Å². The molecule has 0 aromatic rings. The molecule has 0 rings (SSSR count). The van der Waals surface area contributed by atoms with Crippen LogP contribution in [0.3, 0.4) is 0 Å². The Labute approximate surface area is 279 Å². The molecule has 0 fully saturated rings. The lowest BCUT2D eigenvalue weighted by atomic mass is 10.1. The quantitative estimate of drug-likeness (QED) is 0.0375. The summed E-state index contributed by atoms with van der Waals surface area (Å²) < 4.78 is 16.8. The highest BCUT2D eigenvalue weighted by molar-refractivity contribution is 5.71. The molecule has 0 heterocycles. The summed E-state index contributed by atoms with van der Waals surface area (Å²) in [6.07, 6.45) is 33.1. The van der Waals surface area contributed by atoms with E-state index in [9.17, 15) is 19.5 Å². The Hall–Kier alpha value is -2.97. The molecule has 0 amide bonds. The number of quaternary nitrogens is 1. The Kier molecular flexibility index (Phi) is 27.5. The topological polar surface area (TPSA) is 102 Å². The van der Waals surface area contributed by atoms with Gasteiger partial charge in [-0.1, -0.05) is 107 Å². The zero-order valence-corrected chi connectivity index (χ0v) is 29.5. The summed E-state index contributed by atoms with van der Waals surface area (Å²) in [6.45, 7) is 4.31. The van der Waals surface area contributed by atoms with Crippen molar-refractivity contribution in [3.05, 3.63) is 60.8 Å². The average molecular weight is 646 g/mol. The molecule has 2 atom stereocenters. The van der Waals surface area contributed by atoms with E-state index in [2.05, 4.69) is 44.2 Å². The summed E-state index contributed by atoms with van der Waals surface area (Å²) in [5.41, 5.74) is 0. The van der Waals surface area contributed by atoms with Gasteiger partial charge in [0, 0.05) is 12.8 Å². The second-order valence-corrected chi connectivity index (χ2v) is 12.4. The highest BCUT2D eigenvalue weighted by Gasteiger charge is 2.25. The van der Waals surface area contributed by atoms with Crippen molar-refractivity contribution >= 4 is 17.9 Å². The molecule has 0 radical (unpaired) electrons. The standard InChI is InChI=1S/C38H63NO7/c1-6-8-10-12-14-16-17-18-19-21-22-24-26-28-36(40)45-33-34(32-44-31-30-35(38(42)43)39(3,4)5)46-37(41)29-27-25-23-20-15-13-11-9-7-2/h9,11,15,18-20,22,24-25,27,34-35H,6-8,10,12-14,16-17,21,23,26,28-33H2,1-5H3/b11-9+,19-18+,20-15+,24-22+,27-25+. The number of nitrogens with zero attached hydrogens (tertiary/aromatic N) is 1. The third-order valence-electron chi connectivity index (χ3n) is 7.18. The van der Waals surface area contributed by atoms with E-state index in [0.717, 1.165) is 25.7 Å². The number of carboxylic acid groups (broad SMARTS) is 1. The number of aliphatic carboxylic acids is 1. The number of ether oxygens (including phenoxy) is 3. The normalized spacial score (nSPS) is 13.8. The number of hydrogen-bond acceptors (Lipinski definition) is 7. The van der Waals surface area contributed by atoms with Crippen LogP contribution < -0.4 is 5.11 Å². The van der Waals surface area contributed by atoms with Gasteiger partial charge in [0.25, 0.3) is 0 Å². The average Bonchev–Trinajstić information content (AvgIpc) is 3.00. The fourth-order valence-corrected chi connectivity index (χ4v) is 4.48. The van der Waals surface area contributed by atoms with Crippen LogP contribution in [0.15, 0.2) is 60.8 Å². The largest absolute Gasteiger partial charge is 0.544 e. The van der Waals surface area contributed by atoms with Crippen LogP contribution in [0.2, 0.25) is 0 Å². The molecule has 0 aliphatic rings. The van der Waals surface area contributed by atoms with Gasteiger partial charge in [0.05, 0.1) is 46.7 Å². The van der Waals surface area contributed by atoms with Crippen LogP contribution in [0.1, 0.15) is 110 Å². The predicted molar refractivity (Wildman–Crippen MR) is 185 cm³/mol. The van der Waals surface area contributed by atoms with Crippen LogP contribution in [0.5, 0.6) is 0 Å². The Morgan fingerprint density at radius 2 is 1.28 bits per heavy atom. The molecule has 0 bridgehead atoms. The van der Waals surface area contributed by atoms with Gasteiger partial charge in [0.2, 0.25) is 0 Å². The number of esters is 2. The van der Waals surface area contributed by atoms with Crippen molar-refractivity contribution in [3.63, 3.8) is 0 Å². The number of carboxylic acids is 1. The lowest BCUT2D eigenvalue weighted by molar-refractivity contribution is -0.889. The van der Waals surface area contributed by atoms with Crippen LogP contribution in [0.4, 0.5) is 0 Å². The predicted octanol–water partition coefficient (Wildman–Crippen LogP) is 6.96. The molecule has 0 aromatic carbocycles. The number of rotatable bonds is 29. The minimum atomic E-state index is -1.15. The summed E-state index contributed by atoms with van der Waals surface area (Å²) in [4.78, 5) is 36.3. The van der Waals surface area contributed by atoms with E-state index in [4.69, 9.17) is 14.2 Å². The third kappa shape index (κ3) is 27.3. The molecule has 2 unspecified atom stereocenters. The number of carbonyl (C=O) groups is 3. The lowest BCUT2D eigenvalue weighted by Gasteiger charge is -2.34. The Morgan fingerprint density at radius 1 is 0.696 bits per heavy atom. The molecule has 0 aliphatic heterocycles. The SMILES string of the molecule is CC/C=C/C/C=C/C/C=C/CC(=O)OC(COCCC(C(=O)[O-])[N+](C)(C)C)COC(=O)CC/C=C/C/C=C/CCCCCCCC. The number of allylic oxidation sites excluding steroid dienone is 9. The molecule has 0 saturated heterocycles. The summed E-state index contributed by atoms with van der Waals surface area (Å²) in [7, 11) is 5.33. The maximum atomic E-state index is 12.5. The number of carbonyl (C=O) groups excluding carboxylic acids is 3. The minimum absolute atomic E-state index is 0.0152. The fourth-order valence-electron chi connectivity index (χ4n) is 4.48. The van der Waals surface area contributed by atoms with Gasteiger partial charge >= 0.3 is 11.9 Å². The first-order valence-electron chi connectivity index (χ1n) is 17.3. The summed E-state index contributed by atoms with van der Waals surface area (Å²) >= 11 is 0. The van der Waals surface area contributed by atoms with E-state index >= 15 is 0 Å². The minimum Gasteiger partial charge on any atom is -0.544 e. The van der Waals surface area contributed by atoms with Crippen molar-refractivity contribution in [2.75, 3.05) is 41.0 Å². The maximum absolute atomic E-state index is 12.5. The van der Waals surface area contributed by atoms with Gasteiger partial charge in [-0.25, -0.2) is 0 Å². The molecular formula is C38H63NO7. The first-order chi connectivity index (χ1) is 22.1.